The van der Waals surface area contributed by atoms with Crippen LogP contribution in [0.4, 0.5) is 0 Å². The van der Waals surface area contributed by atoms with Crippen molar-refractivity contribution in [1.82, 2.24) is 30.0 Å². The fraction of sp³-hybridized carbons (Fsp3) is 0.682. The highest BCUT2D eigenvalue weighted by Crippen LogP contribution is 2.42. The first-order chi connectivity index (χ1) is 15.2. The van der Waals surface area contributed by atoms with Crippen LogP contribution in [-0.4, -0.2) is 84.6 Å². The molecule has 1 aliphatic carbocycles. The van der Waals surface area contributed by atoms with Gasteiger partial charge in [-0.1, -0.05) is 19.3 Å². The highest BCUT2D eigenvalue weighted by molar-refractivity contribution is 5.55. The number of rotatable bonds is 7. The summed E-state index contributed by atoms with van der Waals surface area (Å²) in [5, 5.41) is 13.1. The standard InChI is InChI=1S/C22H34N6O3/c1-26-10-12-27(13-11-26)20(16-14-18(29-2)21(31-4)19(15-16)30-3)22-23-24-25-28(22)17-8-6-5-7-9-17/h14-15,17,20H,5-13H2,1-4H3/t20-/m0/s1. The van der Waals surface area contributed by atoms with Crippen molar-refractivity contribution < 1.29 is 14.2 Å². The van der Waals surface area contributed by atoms with Crippen LogP contribution in [0.1, 0.15) is 55.6 Å². The summed E-state index contributed by atoms with van der Waals surface area (Å²) in [7, 11) is 7.09. The molecule has 1 aliphatic heterocycles. The van der Waals surface area contributed by atoms with Crippen LogP contribution in [0.15, 0.2) is 12.1 Å². The molecule has 0 N–H and O–H groups in total. The van der Waals surface area contributed by atoms with Crippen LogP contribution in [0.25, 0.3) is 0 Å². The first-order valence-corrected chi connectivity index (χ1v) is 11.2. The molecule has 2 aliphatic rings. The van der Waals surface area contributed by atoms with E-state index in [-0.39, 0.29) is 6.04 Å². The third-order valence-corrected chi connectivity index (χ3v) is 6.59. The number of methoxy groups -OCH3 is 3. The lowest BCUT2D eigenvalue weighted by atomic mass is 9.95. The molecule has 1 aromatic heterocycles. The molecule has 9 nitrogen and oxygen atoms in total. The number of hydrogen-bond acceptors (Lipinski definition) is 8. The van der Waals surface area contributed by atoms with Gasteiger partial charge in [0, 0.05) is 26.2 Å². The van der Waals surface area contributed by atoms with Gasteiger partial charge in [0.1, 0.15) is 0 Å². The summed E-state index contributed by atoms with van der Waals surface area (Å²) in [5.41, 5.74) is 1.05. The van der Waals surface area contributed by atoms with Crippen molar-refractivity contribution in [2.45, 2.75) is 44.2 Å². The fourth-order valence-electron chi connectivity index (χ4n) is 4.83. The molecule has 2 heterocycles. The molecular weight excluding hydrogens is 396 g/mol. The van der Waals surface area contributed by atoms with E-state index >= 15 is 0 Å². The van der Waals surface area contributed by atoms with E-state index in [0.29, 0.717) is 23.3 Å². The maximum absolute atomic E-state index is 5.65. The molecule has 0 unspecified atom stereocenters. The van der Waals surface area contributed by atoms with E-state index < -0.39 is 0 Å². The first kappa shape index (κ1) is 21.8. The van der Waals surface area contributed by atoms with Gasteiger partial charge in [-0.05, 0) is 48.0 Å². The van der Waals surface area contributed by atoms with Crippen LogP contribution in [0.3, 0.4) is 0 Å². The number of aromatic nitrogens is 4. The number of tetrazole rings is 1. The Hall–Kier alpha value is -2.39. The quantitative estimate of drug-likeness (QED) is 0.663. The number of nitrogens with zero attached hydrogens (tertiary/aromatic N) is 6. The maximum atomic E-state index is 5.65. The number of piperazine rings is 1. The molecule has 9 heteroatoms. The van der Waals surface area contributed by atoms with Crippen molar-refractivity contribution in [2.24, 2.45) is 0 Å². The third kappa shape index (κ3) is 4.48. The lowest BCUT2D eigenvalue weighted by Gasteiger charge is -2.38. The Bertz CT molecular complexity index is 834. The van der Waals surface area contributed by atoms with Crippen molar-refractivity contribution in [3.63, 3.8) is 0 Å². The topological polar surface area (TPSA) is 77.8 Å². The Morgan fingerprint density at radius 3 is 2.13 bits per heavy atom. The summed E-state index contributed by atoms with van der Waals surface area (Å²) in [6.45, 7) is 3.89. The van der Waals surface area contributed by atoms with E-state index in [1.165, 1.54) is 19.3 Å². The molecule has 0 radical (unpaired) electrons. The summed E-state index contributed by atoms with van der Waals surface area (Å²) < 4.78 is 18.9. The molecule has 1 saturated carbocycles. The van der Waals surface area contributed by atoms with Crippen LogP contribution in [0.5, 0.6) is 17.2 Å². The Labute approximate surface area is 184 Å². The Balaban J connectivity index is 1.79. The van der Waals surface area contributed by atoms with Crippen LogP contribution in [0.2, 0.25) is 0 Å². The van der Waals surface area contributed by atoms with E-state index in [9.17, 15) is 0 Å². The zero-order valence-electron chi connectivity index (χ0n) is 19.1. The minimum absolute atomic E-state index is 0.0840. The van der Waals surface area contributed by atoms with Crippen LogP contribution in [0, 0.1) is 0 Å². The second-order valence-corrected chi connectivity index (χ2v) is 8.47. The Morgan fingerprint density at radius 1 is 0.903 bits per heavy atom. The second-order valence-electron chi connectivity index (χ2n) is 8.47. The van der Waals surface area contributed by atoms with Gasteiger partial charge >= 0.3 is 0 Å². The molecule has 1 atom stereocenters. The van der Waals surface area contributed by atoms with E-state index in [1.54, 1.807) is 21.3 Å². The van der Waals surface area contributed by atoms with E-state index in [0.717, 1.165) is 50.4 Å². The van der Waals surface area contributed by atoms with Gasteiger partial charge in [0.05, 0.1) is 33.4 Å². The second kappa shape index (κ2) is 9.82. The van der Waals surface area contributed by atoms with Crippen molar-refractivity contribution in [1.29, 1.82) is 0 Å². The van der Waals surface area contributed by atoms with Crippen molar-refractivity contribution in [2.75, 3.05) is 54.6 Å². The molecule has 2 fully saturated rings. The molecule has 0 bridgehead atoms. The van der Waals surface area contributed by atoms with E-state index in [1.807, 2.05) is 12.1 Å². The summed E-state index contributed by atoms with van der Waals surface area (Å²) >= 11 is 0. The molecule has 1 aromatic carbocycles. The summed E-state index contributed by atoms with van der Waals surface area (Å²) in [4.78, 5) is 4.82. The number of hydrogen-bond donors (Lipinski definition) is 0. The molecule has 2 aromatic rings. The first-order valence-electron chi connectivity index (χ1n) is 11.2. The minimum Gasteiger partial charge on any atom is -0.493 e. The molecule has 0 spiro atoms. The molecule has 170 valence electrons. The highest BCUT2D eigenvalue weighted by atomic mass is 16.5. The zero-order chi connectivity index (χ0) is 21.8. The molecular formula is C22H34N6O3. The smallest absolute Gasteiger partial charge is 0.203 e. The van der Waals surface area contributed by atoms with Crippen molar-refractivity contribution in [3.8, 4) is 17.2 Å². The molecule has 1 saturated heterocycles. The van der Waals surface area contributed by atoms with Gasteiger partial charge in [0.25, 0.3) is 0 Å². The van der Waals surface area contributed by atoms with Gasteiger partial charge < -0.3 is 19.1 Å². The average Bonchev–Trinajstić information content (AvgIpc) is 3.29. The van der Waals surface area contributed by atoms with Crippen molar-refractivity contribution >= 4 is 0 Å². The van der Waals surface area contributed by atoms with Crippen LogP contribution in [-0.2, 0) is 0 Å². The lowest BCUT2D eigenvalue weighted by molar-refractivity contribution is 0.119. The van der Waals surface area contributed by atoms with Crippen molar-refractivity contribution in [3.05, 3.63) is 23.5 Å². The number of benzene rings is 1. The SMILES string of the molecule is COc1cc([C@@H](c2nnnn2C2CCCCC2)N2CCN(C)CC2)cc(OC)c1OC. The van der Waals surface area contributed by atoms with E-state index in [4.69, 9.17) is 14.2 Å². The van der Waals surface area contributed by atoms with Gasteiger partial charge in [-0.15, -0.1) is 5.10 Å². The highest BCUT2D eigenvalue weighted by Gasteiger charge is 2.33. The Morgan fingerprint density at radius 2 is 1.55 bits per heavy atom. The predicted molar refractivity (Wildman–Crippen MR) is 117 cm³/mol. The summed E-state index contributed by atoms with van der Waals surface area (Å²) in [6, 6.07) is 4.34. The number of ether oxygens (including phenoxy) is 3. The minimum atomic E-state index is -0.0840. The van der Waals surface area contributed by atoms with Crippen LogP contribution >= 0.6 is 0 Å². The van der Waals surface area contributed by atoms with Gasteiger partial charge in [0.15, 0.2) is 17.3 Å². The monoisotopic (exact) mass is 430 g/mol. The summed E-state index contributed by atoms with van der Waals surface area (Å²) in [5.74, 6) is 2.78. The number of likely N-dealkylation sites (N-methyl/N-ethyl adjacent to an activating group) is 1. The largest absolute Gasteiger partial charge is 0.493 e. The molecule has 0 amide bonds. The lowest BCUT2D eigenvalue weighted by Crippen LogP contribution is -2.47. The maximum Gasteiger partial charge on any atom is 0.203 e. The molecule has 31 heavy (non-hydrogen) atoms. The summed E-state index contributed by atoms with van der Waals surface area (Å²) in [6.07, 6.45) is 6.01. The Kier molecular flexibility index (Phi) is 6.92. The van der Waals surface area contributed by atoms with Gasteiger partial charge in [-0.25, -0.2) is 4.68 Å². The normalized spacial score (nSPS) is 19.9. The molecule has 4 rings (SSSR count). The predicted octanol–water partition coefficient (Wildman–Crippen LogP) is 2.54. The average molecular weight is 431 g/mol. The van der Waals surface area contributed by atoms with Gasteiger partial charge in [-0.2, -0.15) is 0 Å². The third-order valence-electron chi connectivity index (χ3n) is 6.59. The van der Waals surface area contributed by atoms with Crippen LogP contribution < -0.4 is 14.2 Å². The fourth-order valence-corrected chi connectivity index (χ4v) is 4.83. The van der Waals surface area contributed by atoms with Gasteiger partial charge in [-0.3, -0.25) is 4.90 Å². The zero-order valence-corrected chi connectivity index (χ0v) is 19.1. The van der Waals surface area contributed by atoms with E-state index in [2.05, 4.69) is 37.1 Å². The van der Waals surface area contributed by atoms with Gasteiger partial charge in [0.2, 0.25) is 5.75 Å².